The maximum Gasteiger partial charge on any atom is 0.230 e. The van der Waals surface area contributed by atoms with Crippen LogP contribution in [0.5, 0.6) is 0 Å². The number of rotatable bonds is 8. The van der Waals surface area contributed by atoms with E-state index in [1.807, 2.05) is 5.38 Å². The summed E-state index contributed by atoms with van der Waals surface area (Å²) in [5, 5.41) is 5.89. The van der Waals surface area contributed by atoms with Gasteiger partial charge < -0.3 is 11.1 Å². The largest absolute Gasteiger partial charge is 0.330 e. The Hall–Kier alpha value is -1.79. The van der Waals surface area contributed by atoms with Crippen LogP contribution >= 0.6 is 11.3 Å². The number of anilines is 1. The number of aromatic nitrogens is 2. The molecule has 0 radical (unpaired) electrons. The normalized spacial score (nSPS) is 10.5. The van der Waals surface area contributed by atoms with Gasteiger partial charge in [-0.15, -0.1) is 11.3 Å². The van der Waals surface area contributed by atoms with Crippen LogP contribution < -0.4 is 11.1 Å². The minimum absolute atomic E-state index is 0.0545. The van der Waals surface area contributed by atoms with Crippen molar-refractivity contribution in [2.24, 2.45) is 5.73 Å². The molecule has 0 bridgehead atoms. The summed E-state index contributed by atoms with van der Waals surface area (Å²) in [6, 6.07) is 3.53. The molecule has 0 aliphatic heterocycles. The number of unbranched alkanes of at least 4 members (excludes halogenated alkanes) is 2. The van der Waals surface area contributed by atoms with E-state index >= 15 is 0 Å². The van der Waals surface area contributed by atoms with E-state index in [1.54, 1.807) is 35.9 Å². The Balaban J connectivity index is 1.78. The summed E-state index contributed by atoms with van der Waals surface area (Å²) in [7, 11) is 0. The zero-order valence-corrected chi connectivity index (χ0v) is 12.7. The molecule has 5 nitrogen and oxygen atoms in total. The lowest BCUT2D eigenvalue weighted by Crippen LogP contribution is -2.14. The molecule has 3 N–H and O–H groups in total. The van der Waals surface area contributed by atoms with Gasteiger partial charge in [0, 0.05) is 23.5 Å². The average Bonchev–Trinajstić information content (AvgIpc) is 2.92. The fraction of sp³-hybridized carbons (Fsp3) is 0.400. The van der Waals surface area contributed by atoms with Gasteiger partial charge >= 0.3 is 0 Å². The van der Waals surface area contributed by atoms with Crippen molar-refractivity contribution < 1.29 is 4.79 Å². The van der Waals surface area contributed by atoms with Crippen molar-refractivity contribution in [2.45, 2.75) is 32.1 Å². The van der Waals surface area contributed by atoms with Gasteiger partial charge in [0.05, 0.1) is 17.1 Å². The molecule has 6 heteroatoms. The quantitative estimate of drug-likeness (QED) is 0.734. The van der Waals surface area contributed by atoms with Crippen LogP contribution in [0.2, 0.25) is 0 Å². The van der Waals surface area contributed by atoms with Gasteiger partial charge in [-0.05, 0) is 37.9 Å². The number of nitrogens with one attached hydrogen (secondary N) is 1. The van der Waals surface area contributed by atoms with Crippen molar-refractivity contribution in [3.8, 4) is 0 Å². The van der Waals surface area contributed by atoms with E-state index in [-0.39, 0.29) is 5.91 Å². The third-order valence-electron chi connectivity index (χ3n) is 3.00. The number of hydrogen-bond acceptors (Lipinski definition) is 5. The summed E-state index contributed by atoms with van der Waals surface area (Å²) >= 11 is 1.62. The number of aryl methyl sites for hydroxylation is 1. The van der Waals surface area contributed by atoms with E-state index in [1.165, 1.54) is 0 Å². The van der Waals surface area contributed by atoms with E-state index < -0.39 is 0 Å². The maximum atomic E-state index is 11.9. The smallest absolute Gasteiger partial charge is 0.230 e. The molecule has 2 rings (SSSR count). The summed E-state index contributed by atoms with van der Waals surface area (Å²) in [6.45, 7) is 0.748. The lowest BCUT2D eigenvalue weighted by Gasteiger charge is -2.02. The van der Waals surface area contributed by atoms with E-state index in [0.717, 1.165) is 48.6 Å². The molecule has 2 heterocycles. The van der Waals surface area contributed by atoms with Gasteiger partial charge in [-0.25, -0.2) is 4.98 Å². The van der Waals surface area contributed by atoms with Crippen LogP contribution in [-0.4, -0.2) is 22.4 Å². The van der Waals surface area contributed by atoms with Crippen molar-refractivity contribution in [3.05, 3.63) is 40.6 Å². The highest BCUT2D eigenvalue weighted by Crippen LogP contribution is 2.14. The highest BCUT2D eigenvalue weighted by molar-refractivity contribution is 7.09. The van der Waals surface area contributed by atoms with Crippen molar-refractivity contribution in [1.29, 1.82) is 0 Å². The van der Waals surface area contributed by atoms with E-state index in [2.05, 4.69) is 15.3 Å². The Morgan fingerprint density at radius 2 is 2.05 bits per heavy atom. The molecule has 0 aliphatic carbocycles. The molecule has 0 spiro atoms. The van der Waals surface area contributed by atoms with Gasteiger partial charge in [0.2, 0.25) is 5.91 Å². The molecule has 0 fully saturated rings. The Kier molecular flexibility index (Phi) is 6.30. The molecule has 2 aromatic heterocycles. The number of thiazole rings is 1. The van der Waals surface area contributed by atoms with Crippen LogP contribution in [0.3, 0.4) is 0 Å². The van der Waals surface area contributed by atoms with Gasteiger partial charge in [0.25, 0.3) is 0 Å². The highest BCUT2D eigenvalue weighted by atomic mass is 32.1. The summed E-state index contributed by atoms with van der Waals surface area (Å²) in [5.74, 6) is -0.0545. The fourth-order valence-electron chi connectivity index (χ4n) is 1.95. The van der Waals surface area contributed by atoms with E-state index in [4.69, 9.17) is 5.73 Å². The van der Waals surface area contributed by atoms with Crippen LogP contribution in [-0.2, 0) is 17.6 Å². The van der Waals surface area contributed by atoms with Crippen LogP contribution in [0.4, 0.5) is 5.69 Å². The molecule has 2 aromatic rings. The molecule has 0 aromatic carbocycles. The number of pyridine rings is 1. The van der Waals surface area contributed by atoms with Gasteiger partial charge in [-0.1, -0.05) is 6.42 Å². The predicted octanol–water partition coefficient (Wildman–Crippen LogP) is 2.39. The van der Waals surface area contributed by atoms with Crippen molar-refractivity contribution in [2.75, 3.05) is 11.9 Å². The number of hydrogen-bond donors (Lipinski definition) is 2. The molecular formula is C15H20N4OS. The van der Waals surface area contributed by atoms with E-state index in [9.17, 15) is 4.79 Å². The number of carbonyl (C=O) groups is 1. The number of amides is 1. The minimum Gasteiger partial charge on any atom is -0.330 e. The second-order valence-corrected chi connectivity index (χ2v) is 5.74. The molecule has 112 valence electrons. The Morgan fingerprint density at radius 1 is 1.24 bits per heavy atom. The number of nitrogens with two attached hydrogens (primary N) is 1. The number of nitrogens with zero attached hydrogens (tertiary/aromatic N) is 2. The van der Waals surface area contributed by atoms with E-state index in [0.29, 0.717) is 6.42 Å². The molecular weight excluding hydrogens is 284 g/mol. The third kappa shape index (κ3) is 5.61. The first-order valence-electron chi connectivity index (χ1n) is 7.11. The second-order valence-electron chi connectivity index (χ2n) is 4.79. The number of carbonyl (C=O) groups excluding carboxylic acids is 1. The molecule has 0 aliphatic rings. The molecule has 21 heavy (non-hydrogen) atoms. The predicted molar refractivity (Wildman–Crippen MR) is 85.3 cm³/mol. The monoisotopic (exact) mass is 304 g/mol. The first kappa shape index (κ1) is 15.6. The van der Waals surface area contributed by atoms with Crippen molar-refractivity contribution in [1.82, 2.24) is 9.97 Å². The van der Waals surface area contributed by atoms with Gasteiger partial charge in [0.1, 0.15) is 0 Å². The van der Waals surface area contributed by atoms with Crippen LogP contribution in [0.1, 0.15) is 30.0 Å². The lowest BCUT2D eigenvalue weighted by molar-refractivity contribution is -0.115. The summed E-state index contributed by atoms with van der Waals surface area (Å²) in [6.07, 6.45) is 7.88. The molecule has 0 atom stereocenters. The van der Waals surface area contributed by atoms with Gasteiger partial charge in [0.15, 0.2) is 0 Å². The van der Waals surface area contributed by atoms with Crippen molar-refractivity contribution >= 4 is 22.9 Å². The molecule has 1 amide bonds. The van der Waals surface area contributed by atoms with Crippen molar-refractivity contribution in [3.63, 3.8) is 0 Å². The summed E-state index contributed by atoms with van der Waals surface area (Å²) in [4.78, 5) is 20.3. The minimum atomic E-state index is -0.0545. The Morgan fingerprint density at radius 3 is 2.81 bits per heavy atom. The fourth-order valence-corrected chi connectivity index (χ4v) is 2.79. The van der Waals surface area contributed by atoms with Gasteiger partial charge in [-0.3, -0.25) is 9.78 Å². The first-order valence-corrected chi connectivity index (χ1v) is 7.99. The highest BCUT2D eigenvalue weighted by Gasteiger charge is 2.08. The SMILES string of the molecule is NCCCCCc1nc(CC(=O)Nc2ccncc2)cs1. The average molecular weight is 304 g/mol. The molecule has 0 unspecified atom stereocenters. The standard InChI is InChI=1S/C15H20N4OS/c16-7-3-1-2-4-15-19-13(11-21-15)10-14(20)18-12-5-8-17-9-6-12/h5-6,8-9,11H,1-4,7,10,16H2,(H,17,18,20). The van der Waals surface area contributed by atoms with Crippen LogP contribution in [0.25, 0.3) is 0 Å². The maximum absolute atomic E-state index is 11.9. The Labute approximate surface area is 128 Å². The zero-order chi connectivity index (χ0) is 14.9. The second kappa shape index (κ2) is 8.49. The van der Waals surface area contributed by atoms with Gasteiger partial charge in [-0.2, -0.15) is 0 Å². The zero-order valence-electron chi connectivity index (χ0n) is 11.9. The Bertz CT molecular complexity index is 556. The molecule has 0 saturated heterocycles. The summed E-state index contributed by atoms with van der Waals surface area (Å²) < 4.78 is 0. The molecule has 0 saturated carbocycles. The van der Waals surface area contributed by atoms with Crippen LogP contribution in [0.15, 0.2) is 29.9 Å². The summed E-state index contributed by atoms with van der Waals surface area (Å²) in [5.41, 5.74) is 7.06. The lowest BCUT2D eigenvalue weighted by atomic mass is 10.2. The topological polar surface area (TPSA) is 80.9 Å². The van der Waals surface area contributed by atoms with Crippen LogP contribution in [0, 0.1) is 0 Å². The first-order chi connectivity index (χ1) is 10.3. The third-order valence-corrected chi connectivity index (χ3v) is 3.96.